The number of β-amino-alcohol motifs (C(OH)–C–C–N with tert-alkyl or cyclic N) is 1. The molecule has 2 unspecified atom stereocenters. The van der Waals surface area contributed by atoms with Crippen LogP contribution in [0.3, 0.4) is 0 Å². The first-order valence-electron chi connectivity index (χ1n) is 7.26. The highest BCUT2D eigenvalue weighted by atomic mass is 16.6. The molecule has 1 saturated heterocycles. The molecule has 1 N–H and O–H groups in total. The molecule has 0 saturated carbocycles. The molecule has 1 aliphatic heterocycles. The number of nitro benzene ring substituents is 1. The number of anilines is 1. The first kappa shape index (κ1) is 15.6. The number of benzene rings is 1. The summed E-state index contributed by atoms with van der Waals surface area (Å²) in [6.07, 6.45) is 0.396. The summed E-state index contributed by atoms with van der Waals surface area (Å²) in [5.74, 6) is 0.561. The monoisotopic (exact) mass is 294 g/mol. The molecule has 1 heterocycles. The highest BCUT2D eigenvalue weighted by Crippen LogP contribution is 2.33. The average molecular weight is 294 g/mol. The Morgan fingerprint density at radius 1 is 1.48 bits per heavy atom. The molecule has 21 heavy (non-hydrogen) atoms. The maximum absolute atomic E-state index is 11.1. The van der Waals surface area contributed by atoms with E-state index in [2.05, 4.69) is 0 Å². The van der Waals surface area contributed by atoms with Crippen LogP contribution in [0, 0.1) is 16.0 Å². The largest absolute Gasteiger partial charge is 0.484 e. The highest BCUT2D eigenvalue weighted by molar-refractivity contribution is 5.59. The Hall–Kier alpha value is -1.82. The number of hydrogen-bond acceptors (Lipinski definition) is 5. The van der Waals surface area contributed by atoms with Crippen molar-refractivity contribution in [3.63, 3.8) is 0 Å². The third-order valence-corrected chi connectivity index (χ3v) is 3.79. The molecule has 1 aliphatic rings. The number of aliphatic hydroxyl groups excluding tert-OH is 1. The van der Waals surface area contributed by atoms with Crippen molar-refractivity contribution < 1.29 is 14.8 Å². The van der Waals surface area contributed by atoms with Crippen molar-refractivity contribution in [2.45, 2.75) is 39.4 Å². The van der Waals surface area contributed by atoms with Gasteiger partial charge in [0, 0.05) is 30.9 Å². The van der Waals surface area contributed by atoms with Gasteiger partial charge in [-0.15, -0.1) is 0 Å². The second-order valence-corrected chi connectivity index (χ2v) is 5.86. The van der Waals surface area contributed by atoms with E-state index in [0.717, 1.165) is 18.7 Å². The van der Waals surface area contributed by atoms with Crippen LogP contribution in [0.15, 0.2) is 18.2 Å². The fourth-order valence-corrected chi connectivity index (χ4v) is 2.48. The van der Waals surface area contributed by atoms with Crippen LogP contribution >= 0.6 is 0 Å². The van der Waals surface area contributed by atoms with E-state index in [4.69, 9.17) is 4.74 Å². The van der Waals surface area contributed by atoms with E-state index in [1.54, 1.807) is 12.1 Å². The molecule has 1 aromatic carbocycles. The van der Waals surface area contributed by atoms with Gasteiger partial charge in [0.15, 0.2) is 5.75 Å². The van der Waals surface area contributed by atoms with Crippen LogP contribution in [-0.4, -0.2) is 35.3 Å². The number of piperidine rings is 1. The van der Waals surface area contributed by atoms with E-state index in [1.165, 1.54) is 6.07 Å². The van der Waals surface area contributed by atoms with Gasteiger partial charge in [0.25, 0.3) is 0 Å². The van der Waals surface area contributed by atoms with E-state index in [0.29, 0.717) is 6.54 Å². The normalized spacial score (nSPS) is 22.4. The van der Waals surface area contributed by atoms with E-state index in [9.17, 15) is 15.2 Å². The lowest BCUT2D eigenvalue weighted by Crippen LogP contribution is -2.42. The second kappa shape index (κ2) is 6.30. The van der Waals surface area contributed by atoms with Gasteiger partial charge in [-0.1, -0.05) is 6.92 Å². The second-order valence-electron chi connectivity index (χ2n) is 5.86. The van der Waals surface area contributed by atoms with Gasteiger partial charge in [-0.3, -0.25) is 10.1 Å². The Morgan fingerprint density at radius 2 is 2.19 bits per heavy atom. The molecule has 6 nitrogen and oxygen atoms in total. The van der Waals surface area contributed by atoms with Crippen LogP contribution in [0.5, 0.6) is 5.75 Å². The van der Waals surface area contributed by atoms with Crippen LogP contribution in [0.4, 0.5) is 11.4 Å². The number of nitrogens with zero attached hydrogens (tertiary/aromatic N) is 2. The molecular weight excluding hydrogens is 272 g/mol. The van der Waals surface area contributed by atoms with Gasteiger partial charge in [-0.05, 0) is 32.3 Å². The standard InChI is InChI=1S/C15H22N2O4/c1-10(2)21-15-8-12(4-5-13(15)17(19)20)16-7-6-11(3)14(18)9-16/h4-5,8,10-11,14,18H,6-7,9H2,1-3H3. The summed E-state index contributed by atoms with van der Waals surface area (Å²) < 4.78 is 5.56. The number of aliphatic hydroxyl groups is 1. The number of ether oxygens (including phenoxy) is 1. The maximum Gasteiger partial charge on any atom is 0.311 e. The third-order valence-electron chi connectivity index (χ3n) is 3.79. The minimum absolute atomic E-state index is 0.0293. The summed E-state index contributed by atoms with van der Waals surface area (Å²) in [7, 11) is 0. The summed E-state index contributed by atoms with van der Waals surface area (Å²) in [5, 5.41) is 21.0. The Bertz CT molecular complexity index is 518. The molecule has 0 aliphatic carbocycles. The lowest BCUT2D eigenvalue weighted by atomic mass is 9.95. The first-order valence-corrected chi connectivity index (χ1v) is 7.26. The Morgan fingerprint density at radius 3 is 2.76 bits per heavy atom. The lowest BCUT2D eigenvalue weighted by Gasteiger charge is -2.35. The van der Waals surface area contributed by atoms with Gasteiger partial charge in [0.1, 0.15) is 0 Å². The lowest BCUT2D eigenvalue weighted by molar-refractivity contribution is -0.386. The molecular formula is C15H22N2O4. The van der Waals surface area contributed by atoms with Crippen molar-refractivity contribution >= 4 is 11.4 Å². The van der Waals surface area contributed by atoms with Crippen LogP contribution in [0.1, 0.15) is 27.2 Å². The molecule has 2 rings (SSSR count). The van der Waals surface area contributed by atoms with E-state index < -0.39 is 4.92 Å². The summed E-state index contributed by atoms with van der Waals surface area (Å²) in [6, 6.07) is 4.88. The Kier molecular flexibility index (Phi) is 4.67. The van der Waals surface area contributed by atoms with Gasteiger partial charge in [-0.25, -0.2) is 0 Å². The van der Waals surface area contributed by atoms with Crippen LogP contribution in [-0.2, 0) is 0 Å². The van der Waals surface area contributed by atoms with Crippen molar-refractivity contribution in [3.05, 3.63) is 28.3 Å². The Balaban J connectivity index is 2.26. The van der Waals surface area contributed by atoms with Crippen molar-refractivity contribution in [3.8, 4) is 5.75 Å². The SMILES string of the molecule is CC(C)Oc1cc(N2CCC(C)C(O)C2)ccc1[N+](=O)[O-]. The van der Waals surface area contributed by atoms with Crippen LogP contribution < -0.4 is 9.64 Å². The van der Waals surface area contributed by atoms with Crippen molar-refractivity contribution in [1.29, 1.82) is 0 Å². The van der Waals surface area contributed by atoms with Crippen molar-refractivity contribution in [1.82, 2.24) is 0 Å². The van der Waals surface area contributed by atoms with Gasteiger partial charge in [0.05, 0.1) is 17.1 Å². The summed E-state index contributed by atoms with van der Waals surface area (Å²) in [6.45, 7) is 7.08. The molecule has 116 valence electrons. The molecule has 0 bridgehead atoms. The zero-order chi connectivity index (χ0) is 15.6. The molecule has 1 fully saturated rings. The summed E-state index contributed by atoms with van der Waals surface area (Å²) in [4.78, 5) is 12.7. The molecule has 0 spiro atoms. The summed E-state index contributed by atoms with van der Waals surface area (Å²) in [5.41, 5.74) is 0.820. The highest BCUT2D eigenvalue weighted by Gasteiger charge is 2.26. The quantitative estimate of drug-likeness (QED) is 0.682. The van der Waals surface area contributed by atoms with Gasteiger partial charge in [0.2, 0.25) is 0 Å². The predicted octanol–water partition coefficient (Wildman–Crippen LogP) is 2.59. The number of nitro groups is 1. The number of hydrogen-bond donors (Lipinski definition) is 1. The molecule has 0 radical (unpaired) electrons. The van der Waals surface area contributed by atoms with Gasteiger partial charge >= 0.3 is 5.69 Å². The van der Waals surface area contributed by atoms with E-state index in [-0.39, 0.29) is 29.6 Å². The fraction of sp³-hybridized carbons (Fsp3) is 0.600. The minimum atomic E-state index is -0.436. The zero-order valence-corrected chi connectivity index (χ0v) is 12.7. The van der Waals surface area contributed by atoms with E-state index in [1.807, 2.05) is 25.7 Å². The summed E-state index contributed by atoms with van der Waals surface area (Å²) >= 11 is 0. The predicted molar refractivity (Wildman–Crippen MR) is 80.9 cm³/mol. The maximum atomic E-state index is 11.1. The smallest absolute Gasteiger partial charge is 0.311 e. The Labute approximate surface area is 124 Å². The van der Waals surface area contributed by atoms with E-state index >= 15 is 0 Å². The van der Waals surface area contributed by atoms with Crippen LogP contribution in [0.2, 0.25) is 0 Å². The van der Waals surface area contributed by atoms with Gasteiger partial charge < -0.3 is 14.7 Å². The zero-order valence-electron chi connectivity index (χ0n) is 12.7. The van der Waals surface area contributed by atoms with Crippen molar-refractivity contribution in [2.75, 3.05) is 18.0 Å². The molecule has 6 heteroatoms. The van der Waals surface area contributed by atoms with Gasteiger partial charge in [-0.2, -0.15) is 0 Å². The fourth-order valence-electron chi connectivity index (χ4n) is 2.48. The average Bonchev–Trinajstić information content (AvgIpc) is 2.40. The number of rotatable bonds is 4. The molecule has 0 aromatic heterocycles. The minimum Gasteiger partial charge on any atom is -0.484 e. The molecule has 1 aromatic rings. The molecule has 2 atom stereocenters. The van der Waals surface area contributed by atoms with Crippen molar-refractivity contribution in [2.24, 2.45) is 5.92 Å². The van der Waals surface area contributed by atoms with Crippen LogP contribution in [0.25, 0.3) is 0 Å². The third kappa shape index (κ3) is 3.64. The molecule has 0 amide bonds. The topological polar surface area (TPSA) is 75.8 Å². The first-order chi connectivity index (χ1) is 9.88.